The monoisotopic (exact) mass is 358 g/mol. The molecule has 8 heteroatoms. The molecular weight excluding hydrogens is 336 g/mol. The predicted octanol–water partition coefficient (Wildman–Crippen LogP) is 2.60. The van der Waals surface area contributed by atoms with Gasteiger partial charge in [-0.05, 0) is 12.5 Å². The van der Waals surface area contributed by atoms with Gasteiger partial charge in [0.05, 0.1) is 12.1 Å². The Morgan fingerprint density at radius 3 is 2.92 bits per heavy atom. The average Bonchev–Trinajstić information content (AvgIpc) is 3.15. The summed E-state index contributed by atoms with van der Waals surface area (Å²) in [5, 5.41) is 7.68. The molecule has 138 valence electrons. The molecule has 0 fully saturated rings. The summed E-state index contributed by atoms with van der Waals surface area (Å²) in [5.74, 6) is 1.32. The van der Waals surface area contributed by atoms with Crippen molar-refractivity contribution in [3.05, 3.63) is 35.5 Å². The van der Waals surface area contributed by atoms with Crippen molar-refractivity contribution in [1.29, 1.82) is 0 Å². The number of carbonyl (C=O) groups is 1. The Balaban J connectivity index is 1.89. The molecule has 1 aromatic carbocycles. The highest BCUT2D eigenvalue weighted by Crippen LogP contribution is 2.38. The topological polar surface area (TPSA) is 91.4 Å². The average molecular weight is 358 g/mol. The quantitative estimate of drug-likeness (QED) is 0.698. The summed E-state index contributed by atoms with van der Waals surface area (Å²) in [5.41, 5.74) is 2.72. The van der Waals surface area contributed by atoms with Gasteiger partial charge in [0, 0.05) is 32.9 Å². The van der Waals surface area contributed by atoms with Crippen LogP contribution in [0.5, 0.6) is 5.88 Å². The standard InChI is InChI=1S/C18H22N4O4/c1-11-6-5-7-13-16(19-12(2)23)18(22(3)17(11)13)25-10-15-20-14(21-26-15)8-9-24-4/h5-7H,8-10H2,1-4H3,(H,19,23). The van der Waals surface area contributed by atoms with Crippen molar-refractivity contribution in [2.45, 2.75) is 26.9 Å². The van der Waals surface area contributed by atoms with E-state index in [2.05, 4.69) is 15.5 Å². The second-order valence-corrected chi connectivity index (χ2v) is 6.03. The van der Waals surface area contributed by atoms with Gasteiger partial charge in [-0.1, -0.05) is 23.4 Å². The van der Waals surface area contributed by atoms with Gasteiger partial charge in [0.25, 0.3) is 5.89 Å². The maximum absolute atomic E-state index is 11.7. The first-order chi connectivity index (χ1) is 12.5. The van der Waals surface area contributed by atoms with E-state index in [1.807, 2.05) is 36.7 Å². The van der Waals surface area contributed by atoms with E-state index in [9.17, 15) is 4.79 Å². The lowest BCUT2D eigenvalue weighted by Crippen LogP contribution is -2.08. The van der Waals surface area contributed by atoms with E-state index in [0.29, 0.717) is 36.3 Å². The van der Waals surface area contributed by atoms with Crippen LogP contribution in [-0.2, 0) is 29.6 Å². The number of aryl methyl sites for hydroxylation is 2. The van der Waals surface area contributed by atoms with Gasteiger partial charge in [-0.3, -0.25) is 4.79 Å². The third-order valence-corrected chi connectivity index (χ3v) is 4.03. The van der Waals surface area contributed by atoms with E-state index in [4.69, 9.17) is 14.0 Å². The summed E-state index contributed by atoms with van der Waals surface area (Å²) >= 11 is 0. The summed E-state index contributed by atoms with van der Waals surface area (Å²) < 4.78 is 18.1. The third kappa shape index (κ3) is 3.55. The number of aromatic nitrogens is 3. The highest BCUT2D eigenvalue weighted by Gasteiger charge is 2.19. The van der Waals surface area contributed by atoms with Crippen LogP contribution in [0.3, 0.4) is 0 Å². The molecule has 2 aromatic heterocycles. The minimum atomic E-state index is -0.163. The predicted molar refractivity (Wildman–Crippen MR) is 96.2 cm³/mol. The molecule has 0 atom stereocenters. The Morgan fingerprint density at radius 1 is 1.38 bits per heavy atom. The number of hydrogen-bond donors (Lipinski definition) is 1. The highest BCUT2D eigenvalue weighted by atomic mass is 16.5. The number of carbonyl (C=O) groups excluding carboxylic acids is 1. The molecule has 3 rings (SSSR count). The molecule has 0 saturated heterocycles. The number of fused-ring (bicyclic) bond motifs is 1. The first-order valence-corrected chi connectivity index (χ1v) is 8.30. The van der Waals surface area contributed by atoms with Gasteiger partial charge >= 0.3 is 0 Å². The van der Waals surface area contributed by atoms with E-state index in [0.717, 1.165) is 16.5 Å². The van der Waals surface area contributed by atoms with Crippen LogP contribution in [0.25, 0.3) is 10.9 Å². The molecule has 3 aromatic rings. The molecule has 0 spiro atoms. The molecule has 0 aliphatic carbocycles. The smallest absolute Gasteiger partial charge is 0.264 e. The molecule has 0 radical (unpaired) electrons. The number of nitrogens with zero attached hydrogens (tertiary/aromatic N) is 3. The fourth-order valence-corrected chi connectivity index (χ4v) is 2.93. The molecule has 1 N–H and O–H groups in total. The molecule has 8 nitrogen and oxygen atoms in total. The second kappa shape index (κ2) is 7.57. The van der Waals surface area contributed by atoms with Crippen molar-refractivity contribution in [2.24, 2.45) is 7.05 Å². The van der Waals surface area contributed by atoms with Gasteiger partial charge in [-0.25, -0.2) is 0 Å². The van der Waals surface area contributed by atoms with E-state index in [1.54, 1.807) is 7.11 Å². The lowest BCUT2D eigenvalue weighted by molar-refractivity contribution is -0.114. The van der Waals surface area contributed by atoms with Gasteiger partial charge in [-0.2, -0.15) is 4.98 Å². The summed E-state index contributed by atoms with van der Waals surface area (Å²) in [6.07, 6.45) is 0.574. The third-order valence-electron chi connectivity index (χ3n) is 4.03. The summed E-state index contributed by atoms with van der Waals surface area (Å²) in [6, 6.07) is 5.92. The van der Waals surface area contributed by atoms with E-state index in [1.165, 1.54) is 6.92 Å². The van der Waals surface area contributed by atoms with Crippen LogP contribution in [0.15, 0.2) is 22.7 Å². The molecule has 1 amide bonds. The zero-order chi connectivity index (χ0) is 18.7. The van der Waals surface area contributed by atoms with Gasteiger partial charge in [-0.15, -0.1) is 0 Å². The van der Waals surface area contributed by atoms with Crippen molar-refractivity contribution in [2.75, 3.05) is 19.0 Å². The number of methoxy groups -OCH3 is 1. The van der Waals surface area contributed by atoms with Crippen LogP contribution in [0.4, 0.5) is 5.69 Å². The first-order valence-electron chi connectivity index (χ1n) is 8.30. The summed E-state index contributed by atoms with van der Waals surface area (Å²) in [4.78, 5) is 15.9. The maximum Gasteiger partial charge on any atom is 0.264 e. The lowest BCUT2D eigenvalue weighted by Gasteiger charge is -2.08. The zero-order valence-electron chi connectivity index (χ0n) is 15.3. The van der Waals surface area contributed by atoms with Crippen molar-refractivity contribution in [1.82, 2.24) is 14.7 Å². The molecule has 0 unspecified atom stereocenters. The Kier molecular flexibility index (Phi) is 5.22. The van der Waals surface area contributed by atoms with Crippen molar-refractivity contribution >= 4 is 22.5 Å². The Hall–Kier alpha value is -2.87. The lowest BCUT2D eigenvalue weighted by atomic mass is 10.1. The van der Waals surface area contributed by atoms with Crippen LogP contribution in [0.1, 0.15) is 24.2 Å². The number of hydrogen-bond acceptors (Lipinski definition) is 6. The van der Waals surface area contributed by atoms with Gasteiger partial charge in [0.1, 0.15) is 5.69 Å². The second-order valence-electron chi connectivity index (χ2n) is 6.03. The minimum Gasteiger partial charge on any atom is -0.467 e. The normalized spacial score (nSPS) is 11.1. The number of anilines is 1. The molecular formula is C18H22N4O4. The fourth-order valence-electron chi connectivity index (χ4n) is 2.93. The van der Waals surface area contributed by atoms with Crippen LogP contribution >= 0.6 is 0 Å². The van der Waals surface area contributed by atoms with Crippen LogP contribution in [0.2, 0.25) is 0 Å². The summed E-state index contributed by atoms with van der Waals surface area (Å²) in [6.45, 7) is 4.12. The molecule has 0 aliphatic heterocycles. The van der Waals surface area contributed by atoms with Gasteiger partial charge < -0.3 is 23.9 Å². The molecule has 0 bridgehead atoms. The highest BCUT2D eigenvalue weighted by molar-refractivity contribution is 6.05. The number of benzene rings is 1. The Labute approximate surface area is 151 Å². The van der Waals surface area contributed by atoms with Crippen LogP contribution < -0.4 is 10.1 Å². The largest absolute Gasteiger partial charge is 0.467 e. The zero-order valence-corrected chi connectivity index (χ0v) is 15.3. The fraction of sp³-hybridized carbons (Fsp3) is 0.389. The number of para-hydroxylation sites is 1. The Bertz CT molecular complexity index is 929. The first kappa shape index (κ1) is 17.9. The van der Waals surface area contributed by atoms with E-state index >= 15 is 0 Å². The minimum absolute atomic E-state index is 0.107. The number of ether oxygens (including phenoxy) is 2. The summed E-state index contributed by atoms with van der Waals surface area (Å²) in [7, 11) is 3.52. The molecule has 0 aliphatic rings. The van der Waals surface area contributed by atoms with Crippen LogP contribution in [0, 0.1) is 6.92 Å². The van der Waals surface area contributed by atoms with Gasteiger partial charge in [0.2, 0.25) is 11.8 Å². The van der Waals surface area contributed by atoms with E-state index in [-0.39, 0.29) is 12.5 Å². The number of nitrogens with one attached hydrogen (secondary N) is 1. The van der Waals surface area contributed by atoms with Crippen LogP contribution in [-0.4, -0.2) is 34.3 Å². The molecule has 0 saturated carbocycles. The Morgan fingerprint density at radius 2 is 2.19 bits per heavy atom. The van der Waals surface area contributed by atoms with Crippen molar-refractivity contribution < 1.29 is 18.8 Å². The van der Waals surface area contributed by atoms with E-state index < -0.39 is 0 Å². The molecule has 26 heavy (non-hydrogen) atoms. The SMILES string of the molecule is COCCc1noc(COc2c(NC(C)=O)c3cccc(C)c3n2C)n1. The number of rotatable bonds is 7. The maximum atomic E-state index is 11.7. The van der Waals surface area contributed by atoms with Gasteiger partial charge in [0.15, 0.2) is 12.4 Å². The van der Waals surface area contributed by atoms with Crippen molar-refractivity contribution in [3.63, 3.8) is 0 Å². The molecule has 2 heterocycles. The van der Waals surface area contributed by atoms with Crippen molar-refractivity contribution in [3.8, 4) is 5.88 Å². The number of amides is 1.